The number of carboxylic acid groups (broad SMARTS) is 1. The minimum atomic E-state index is -0.848. The lowest BCUT2D eigenvalue weighted by atomic mass is 10.2. The zero-order valence-electron chi connectivity index (χ0n) is 11.9. The van der Waals surface area contributed by atoms with E-state index < -0.39 is 5.97 Å². The number of hydrogen-bond acceptors (Lipinski definition) is 2. The summed E-state index contributed by atoms with van der Waals surface area (Å²) in [6.45, 7) is 3.55. The van der Waals surface area contributed by atoms with Crippen molar-refractivity contribution in [3.8, 4) is 0 Å². The van der Waals surface area contributed by atoms with Crippen LogP contribution in [-0.4, -0.2) is 36.1 Å². The highest BCUT2D eigenvalue weighted by atomic mass is 35.5. The van der Waals surface area contributed by atoms with Crippen LogP contribution in [0, 0.1) is 0 Å². The van der Waals surface area contributed by atoms with Gasteiger partial charge in [-0.2, -0.15) is 0 Å². The van der Waals surface area contributed by atoms with E-state index in [0.717, 1.165) is 0 Å². The topological polar surface area (TPSA) is 40.5 Å². The van der Waals surface area contributed by atoms with Crippen molar-refractivity contribution in [1.82, 2.24) is 4.90 Å². The van der Waals surface area contributed by atoms with Gasteiger partial charge in [-0.15, -0.1) is 11.6 Å². The highest BCUT2D eigenvalue weighted by molar-refractivity contribution is 6.17. The number of hydrogen-bond donors (Lipinski definition) is 1. The molecule has 19 heavy (non-hydrogen) atoms. The Kier molecular flexibility index (Phi) is 8.92. The van der Waals surface area contributed by atoms with Crippen molar-refractivity contribution >= 4 is 17.6 Å². The van der Waals surface area contributed by atoms with E-state index in [1.54, 1.807) is 13.0 Å². The molecule has 106 valence electrons. The average molecular weight is 284 g/mol. The second-order valence-corrected chi connectivity index (χ2v) is 4.75. The Morgan fingerprint density at radius 3 is 2.21 bits per heavy atom. The van der Waals surface area contributed by atoms with Gasteiger partial charge in [0, 0.05) is 17.5 Å². The standard InChI is InChI=1S/C8H15NO2.C7H7Cl/c1-6(8(10)11)5-7(2)9(3)4;8-6-7-4-2-1-3-5-7/h5,7H,1-4H3,(H,10,11);1-5H,6H2. The Labute approximate surface area is 120 Å². The van der Waals surface area contributed by atoms with Gasteiger partial charge < -0.3 is 10.0 Å². The van der Waals surface area contributed by atoms with Gasteiger partial charge in [-0.05, 0) is 33.5 Å². The zero-order valence-corrected chi connectivity index (χ0v) is 12.7. The third-order valence-corrected chi connectivity index (χ3v) is 2.95. The molecule has 1 aromatic carbocycles. The number of aliphatic carboxylic acids is 1. The summed E-state index contributed by atoms with van der Waals surface area (Å²) in [5.74, 6) is -0.236. The lowest BCUT2D eigenvalue weighted by molar-refractivity contribution is -0.132. The van der Waals surface area contributed by atoms with Crippen LogP contribution in [0.5, 0.6) is 0 Å². The molecule has 0 fully saturated rings. The lowest BCUT2D eigenvalue weighted by Crippen LogP contribution is -2.23. The van der Waals surface area contributed by atoms with Gasteiger partial charge in [0.05, 0.1) is 0 Å². The van der Waals surface area contributed by atoms with Gasteiger partial charge in [0.15, 0.2) is 0 Å². The van der Waals surface area contributed by atoms with E-state index in [1.165, 1.54) is 5.56 Å². The molecule has 0 radical (unpaired) electrons. The molecule has 1 atom stereocenters. The van der Waals surface area contributed by atoms with Gasteiger partial charge >= 0.3 is 5.97 Å². The maximum Gasteiger partial charge on any atom is 0.331 e. The van der Waals surface area contributed by atoms with E-state index >= 15 is 0 Å². The van der Waals surface area contributed by atoms with Gasteiger partial charge in [-0.25, -0.2) is 4.79 Å². The molecule has 1 aromatic rings. The molecular weight excluding hydrogens is 262 g/mol. The summed E-state index contributed by atoms with van der Waals surface area (Å²) >= 11 is 5.53. The molecule has 0 saturated heterocycles. The van der Waals surface area contributed by atoms with Crippen LogP contribution >= 0.6 is 11.6 Å². The van der Waals surface area contributed by atoms with Crippen LogP contribution in [0.2, 0.25) is 0 Å². The van der Waals surface area contributed by atoms with Crippen molar-refractivity contribution < 1.29 is 9.90 Å². The van der Waals surface area contributed by atoms with Crippen LogP contribution < -0.4 is 0 Å². The number of carboxylic acids is 1. The molecule has 0 saturated carbocycles. The van der Waals surface area contributed by atoms with Crippen molar-refractivity contribution in [3.05, 3.63) is 47.5 Å². The fourth-order valence-electron chi connectivity index (χ4n) is 1.15. The van der Waals surface area contributed by atoms with Crippen LogP contribution in [0.3, 0.4) is 0 Å². The predicted octanol–water partition coefficient (Wildman–Crippen LogP) is 3.39. The van der Waals surface area contributed by atoms with Crippen LogP contribution in [0.1, 0.15) is 19.4 Å². The number of alkyl halides is 1. The van der Waals surface area contributed by atoms with Crippen molar-refractivity contribution in [2.24, 2.45) is 0 Å². The van der Waals surface area contributed by atoms with Gasteiger partial charge in [0.2, 0.25) is 0 Å². The Hall–Kier alpha value is -1.32. The van der Waals surface area contributed by atoms with Gasteiger partial charge in [-0.1, -0.05) is 36.4 Å². The van der Waals surface area contributed by atoms with Gasteiger partial charge in [0.1, 0.15) is 0 Å². The number of benzene rings is 1. The first-order valence-corrected chi connectivity index (χ1v) is 6.60. The largest absolute Gasteiger partial charge is 0.478 e. The number of likely N-dealkylation sites (N-methyl/N-ethyl adjacent to an activating group) is 1. The van der Waals surface area contributed by atoms with E-state index in [4.69, 9.17) is 16.7 Å². The molecule has 1 rings (SSSR count). The van der Waals surface area contributed by atoms with Crippen molar-refractivity contribution in [2.45, 2.75) is 25.8 Å². The van der Waals surface area contributed by atoms with Gasteiger partial charge in [0.25, 0.3) is 0 Å². The minimum Gasteiger partial charge on any atom is -0.478 e. The summed E-state index contributed by atoms with van der Waals surface area (Å²) in [4.78, 5) is 12.3. The molecule has 1 N–H and O–H groups in total. The first kappa shape index (κ1) is 17.7. The molecule has 0 heterocycles. The van der Waals surface area contributed by atoms with E-state index in [0.29, 0.717) is 11.5 Å². The quantitative estimate of drug-likeness (QED) is 0.680. The zero-order chi connectivity index (χ0) is 14.8. The Morgan fingerprint density at radius 1 is 1.37 bits per heavy atom. The molecule has 4 heteroatoms. The smallest absolute Gasteiger partial charge is 0.331 e. The molecule has 0 bridgehead atoms. The first-order chi connectivity index (χ1) is 8.88. The number of nitrogens with zero attached hydrogens (tertiary/aromatic N) is 1. The molecule has 3 nitrogen and oxygen atoms in total. The monoisotopic (exact) mass is 283 g/mol. The van der Waals surface area contributed by atoms with Crippen LogP contribution in [0.15, 0.2) is 42.0 Å². The molecule has 0 aromatic heterocycles. The van der Waals surface area contributed by atoms with E-state index in [9.17, 15) is 4.79 Å². The Bertz CT molecular complexity index is 402. The second-order valence-electron chi connectivity index (χ2n) is 4.48. The molecule has 0 amide bonds. The summed E-state index contributed by atoms with van der Waals surface area (Å²) in [7, 11) is 3.83. The Morgan fingerprint density at radius 2 is 1.89 bits per heavy atom. The summed E-state index contributed by atoms with van der Waals surface area (Å²) in [6, 6.07) is 10.1. The lowest BCUT2D eigenvalue weighted by Gasteiger charge is -2.15. The third kappa shape index (κ3) is 8.41. The van der Waals surface area contributed by atoms with Crippen LogP contribution in [0.25, 0.3) is 0 Å². The third-order valence-electron chi connectivity index (χ3n) is 2.64. The molecule has 0 aliphatic rings. The fraction of sp³-hybridized carbons (Fsp3) is 0.400. The predicted molar refractivity (Wildman–Crippen MR) is 80.5 cm³/mol. The summed E-state index contributed by atoms with van der Waals surface area (Å²) in [6.07, 6.45) is 1.72. The maximum atomic E-state index is 10.4. The Balaban J connectivity index is 0.000000356. The minimum absolute atomic E-state index is 0.172. The van der Waals surface area contributed by atoms with Crippen molar-refractivity contribution in [3.63, 3.8) is 0 Å². The van der Waals surface area contributed by atoms with E-state index in [1.807, 2.05) is 56.3 Å². The highest BCUT2D eigenvalue weighted by Crippen LogP contribution is 2.00. The molecular formula is C15H22ClNO2. The maximum absolute atomic E-state index is 10.4. The number of carbonyl (C=O) groups is 1. The van der Waals surface area contributed by atoms with Crippen molar-refractivity contribution in [2.75, 3.05) is 14.1 Å². The van der Waals surface area contributed by atoms with Gasteiger partial charge in [-0.3, -0.25) is 0 Å². The summed E-state index contributed by atoms with van der Waals surface area (Å²) < 4.78 is 0. The first-order valence-electron chi connectivity index (χ1n) is 6.06. The highest BCUT2D eigenvalue weighted by Gasteiger charge is 2.04. The fourth-order valence-corrected chi connectivity index (χ4v) is 1.33. The normalized spacial score (nSPS) is 12.6. The summed E-state index contributed by atoms with van der Waals surface area (Å²) in [5, 5.41) is 8.53. The molecule has 0 aliphatic heterocycles. The van der Waals surface area contributed by atoms with Crippen LogP contribution in [-0.2, 0) is 10.7 Å². The number of rotatable bonds is 4. The number of halogens is 1. The van der Waals surface area contributed by atoms with E-state index in [-0.39, 0.29) is 6.04 Å². The SMILES string of the molecule is CC(=CC(C)N(C)C)C(=O)O.ClCc1ccccc1. The molecule has 0 aliphatic carbocycles. The molecule has 0 spiro atoms. The molecule has 1 unspecified atom stereocenters. The second kappa shape index (κ2) is 9.59. The van der Waals surface area contributed by atoms with Crippen LogP contribution in [0.4, 0.5) is 0 Å². The average Bonchev–Trinajstić information content (AvgIpc) is 2.40. The van der Waals surface area contributed by atoms with Crippen molar-refractivity contribution in [1.29, 1.82) is 0 Å². The van der Waals surface area contributed by atoms with E-state index in [2.05, 4.69) is 0 Å². The summed E-state index contributed by atoms with van der Waals surface area (Å²) in [5.41, 5.74) is 1.57.